The molecule has 0 aromatic heterocycles. The van der Waals surface area contributed by atoms with E-state index in [0.717, 1.165) is 55.8 Å². The van der Waals surface area contributed by atoms with Crippen LogP contribution >= 0.6 is 23.5 Å². The lowest BCUT2D eigenvalue weighted by Crippen LogP contribution is -2.19. The van der Waals surface area contributed by atoms with Crippen LogP contribution < -0.4 is 15.4 Å². The van der Waals surface area contributed by atoms with E-state index < -0.39 is 0 Å². The van der Waals surface area contributed by atoms with Crippen molar-refractivity contribution in [3.05, 3.63) is 59.7 Å². The van der Waals surface area contributed by atoms with Crippen LogP contribution in [-0.2, 0) is 13.1 Å². The van der Waals surface area contributed by atoms with Crippen molar-refractivity contribution in [1.82, 2.24) is 10.6 Å². The highest BCUT2D eigenvalue weighted by Crippen LogP contribution is 2.24. The lowest BCUT2D eigenvalue weighted by atomic mass is 10.2. The van der Waals surface area contributed by atoms with Gasteiger partial charge >= 0.3 is 0 Å². The van der Waals surface area contributed by atoms with Crippen molar-refractivity contribution in [3.63, 3.8) is 0 Å². The quantitative estimate of drug-likeness (QED) is 0.733. The van der Waals surface area contributed by atoms with Crippen molar-refractivity contribution in [2.45, 2.75) is 18.0 Å². The van der Waals surface area contributed by atoms with Crippen molar-refractivity contribution in [3.8, 4) is 5.75 Å². The molecule has 3 nitrogen and oxygen atoms in total. The zero-order valence-corrected chi connectivity index (χ0v) is 16.1. The van der Waals surface area contributed by atoms with Gasteiger partial charge in [-0.25, -0.2) is 0 Å². The van der Waals surface area contributed by atoms with Crippen molar-refractivity contribution in [2.75, 3.05) is 37.0 Å². The van der Waals surface area contributed by atoms with E-state index in [4.69, 9.17) is 4.74 Å². The van der Waals surface area contributed by atoms with Gasteiger partial charge in [0.25, 0.3) is 0 Å². The van der Waals surface area contributed by atoms with Crippen LogP contribution in [-0.4, -0.2) is 37.0 Å². The Morgan fingerprint density at radius 2 is 1.44 bits per heavy atom. The Morgan fingerprint density at radius 3 is 2.28 bits per heavy atom. The molecule has 3 rings (SSSR count). The molecule has 25 heavy (non-hydrogen) atoms. The molecule has 134 valence electrons. The van der Waals surface area contributed by atoms with E-state index in [1.165, 1.54) is 16.0 Å². The molecule has 2 aromatic carbocycles. The fraction of sp³-hybridized carbons (Fsp3) is 0.400. The molecular weight excluding hydrogens is 348 g/mol. The number of hydrogen-bond donors (Lipinski definition) is 2. The predicted octanol–water partition coefficient (Wildman–Crippen LogP) is 3.78. The van der Waals surface area contributed by atoms with Gasteiger partial charge < -0.3 is 15.4 Å². The number of ether oxygens (including phenoxy) is 1. The van der Waals surface area contributed by atoms with E-state index in [1.807, 2.05) is 29.6 Å². The molecule has 0 spiro atoms. The van der Waals surface area contributed by atoms with E-state index in [9.17, 15) is 0 Å². The molecule has 0 aliphatic carbocycles. The average Bonchev–Trinajstić information content (AvgIpc) is 2.65. The molecule has 1 heterocycles. The summed E-state index contributed by atoms with van der Waals surface area (Å²) >= 11 is 3.87. The number of rotatable bonds is 0. The second kappa shape index (κ2) is 10.8. The molecule has 1 aliphatic rings. The van der Waals surface area contributed by atoms with Crippen LogP contribution in [0.3, 0.4) is 0 Å². The Kier molecular flexibility index (Phi) is 8.03. The standard InChI is InChI=1S/C20H26N2OS2/c1-3-7-19-17(5-1)15-21-9-12-24-13-10-22-16-18-6-2-4-8-20(18)25-14-11-23-19/h1-8,21-22H,9-16H2. The third-order valence-electron chi connectivity index (χ3n) is 4.02. The second-order valence-electron chi connectivity index (χ2n) is 5.88. The number of hydrogen-bond acceptors (Lipinski definition) is 5. The van der Waals surface area contributed by atoms with Gasteiger partial charge in [0.05, 0.1) is 6.61 Å². The van der Waals surface area contributed by atoms with Gasteiger partial charge in [0.1, 0.15) is 5.75 Å². The van der Waals surface area contributed by atoms with Gasteiger partial charge in [-0.15, -0.1) is 11.8 Å². The summed E-state index contributed by atoms with van der Waals surface area (Å²) in [6.45, 7) is 4.60. The van der Waals surface area contributed by atoms with Crippen LogP contribution in [0.1, 0.15) is 11.1 Å². The van der Waals surface area contributed by atoms with E-state index in [0.29, 0.717) is 0 Å². The molecule has 0 saturated carbocycles. The zero-order chi connectivity index (χ0) is 17.2. The molecular formula is C20H26N2OS2. The first kappa shape index (κ1) is 18.6. The summed E-state index contributed by atoms with van der Waals surface area (Å²) in [5, 5.41) is 7.09. The maximum atomic E-state index is 6.05. The van der Waals surface area contributed by atoms with Crippen molar-refractivity contribution < 1.29 is 4.74 Å². The highest BCUT2D eigenvalue weighted by atomic mass is 32.2. The topological polar surface area (TPSA) is 33.3 Å². The largest absolute Gasteiger partial charge is 0.492 e. The van der Waals surface area contributed by atoms with Gasteiger partial charge in [-0.3, -0.25) is 0 Å². The highest BCUT2D eigenvalue weighted by molar-refractivity contribution is 7.99. The summed E-state index contributed by atoms with van der Waals surface area (Å²) in [6.07, 6.45) is 0. The molecule has 1 aliphatic heterocycles. The fourth-order valence-corrected chi connectivity index (χ4v) is 4.39. The smallest absolute Gasteiger partial charge is 0.123 e. The maximum Gasteiger partial charge on any atom is 0.123 e. The minimum atomic E-state index is 0.722. The molecule has 0 unspecified atom stereocenters. The first-order valence-corrected chi connectivity index (χ1v) is 11.0. The van der Waals surface area contributed by atoms with Crippen LogP contribution in [0.25, 0.3) is 0 Å². The number of benzene rings is 2. The van der Waals surface area contributed by atoms with Crippen LogP contribution in [0.15, 0.2) is 53.4 Å². The summed E-state index contributed by atoms with van der Waals surface area (Å²) in [6, 6.07) is 17.0. The lowest BCUT2D eigenvalue weighted by molar-refractivity contribution is 0.339. The highest BCUT2D eigenvalue weighted by Gasteiger charge is 2.05. The molecule has 5 heteroatoms. The molecule has 2 N–H and O–H groups in total. The van der Waals surface area contributed by atoms with Crippen LogP contribution in [0.5, 0.6) is 5.75 Å². The third-order valence-corrected chi connectivity index (χ3v) is 6.09. The number of fused-ring (bicyclic) bond motifs is 2. The summed E-state index contributed by atoms with van der Waals surface area (Å²) in [7, 11) is 0. The minimum absolute atomic E-state index is 0.722. The van der Waals surface area contributed by atoms with Gasteiger partial charge in [-0.05, 0) is 17.7 Å². The van der Waals surface area contributed by atoms with E-state index in [2.05, 4.69) is 53.1 Å². The van der Waals surface area contributed by atoms with Crippen molar-refractivity contribution in [2.24, 2.45) is 0 Å². The Bertz CT molecular complexity index is 596. The number of nitrogens with one attached hydrogen (secondary N) is 2. The molecule has 0 amide bonds. The third kappa shape index (κ3) is 6.26. The number of para-hydroxylation sites is 1. The SMILES string of the molecule is c1ccc2c(c1)CNCCSCCNCc1ccccc1SCCO2. The van der Waals surface area contributed by atoms with Crippen LogP contribution in [0, 0.1) is 0 Å². The van der Waals surface area contributed by atoms with Gasteiger partial charge in [-0.1, -0.05) is 36.4 Å². The Balaban J connectivity index is 1.64. The molecule has 0 saturated heterocycles. The monoisotopic (exact) mass is 374 g/mol. The van der Waals surface area contributed by atoms with Crippen molar-refractivity contribution >= 4 is 23.5 Å². The molecule has 0 radical (unpaired) electrons. The average molecular weight is 375 g/mol. The van der Waals surface area contributed by atoms with Gasteiger partial charge in [0, 0.05) is 53.9 Å². The van der Waals surface area contributed by atoms with Gasteiger partial charge in [0.2, 0.25) is 0 Å². The molecule has 0 atom stereocenters. The lowest BCUT2D eigenvalue weighted by Gasteiger charge is -2.13. The zero-order valence-electron chi connectivity index (χ0n) is 14.5. The van der Waals surface area contributed by atoms with E-state index >= 15 is 0 Å². The minimum Gasteiger partial charge on any atom is -0.492 e. The Hall–Kier alpha value is -1.14. The summed E-state index contributed by atoms with van der Waals surface area (Å²) in [5.41, 5.74) is 2.62. The summed E-state index contributed by atoms with van der Waals surface area (Å²) < 4.78 is 6.05. The fourth-order valence-electron chi connectivity index (χ4n) is 2.72. The first-order chi connectivity index (χ1) is 12.4. The predicted molar refractivity (Wildman–Crippen MR) is 110 cm³/mol. The van der Waals surface area contributed by atoms with Crippen LogP contribution in [0.2, 0.25) is 0 Å². The maximum absolute atomic E-state index is 6.05. The van der Waals surface area contributed by atoms with E-state index in [1.54, 1.807) is 0 Å². The number of thioether (sulfide) groups is 2. The molecule has 2 aromatic rings. The summed E-state index contributed by atoms with van der Waals surface area (Å²) in [4.78, 5) is 1.35. The molecule has 0 bridgehead atoms. The van der Waals surface area contributed by atoms with Gasteiger partial charge in [0.15, 0.2) is 0 Å². The van der Waals surface area contributed by atoms with E-state index in [-0.39, 0.29) is 0 Å². The van der Waals surface area contributed by atoms with Crippen molar-refractivity contribution in [1.29, 1.82) is 0 Å². The first-order valence-electron chi connectivity index (χ1n) is 8.84. The Morgan fingerprint density at radius 1 is 0.760 bits per heavy atom. The Labute approximate surface area is 159 Å². The molecule has 0 fully saturated rings. The second-order valence-corrected chi connectivity index (χ2v) is 8.24. The summed E-state index contributed by atoms with van der Waals surface area (Å²) in [5.74, 6) is 4.24. The van der Waals surface area contributed by atoms with Gasteiger partial charge in [-0.2, -0.15) is 11.8 Å². The van der Waals surface area contributed by atoms with Crippen LogP contribution in [0.4, 0.5) is 0 Å². The normalized spacial score (nSPS) is 17.6.